The maximum atomic E-state index is 6.07. The lowest BCUT2D eigenvalue weighted by Gasteiger charge is -2.06. The molecular weight excluding hydrogens is 176 g/mol. The summed E-state index contributed by atoms with van der Waals surface area (Å²) in [4.78, 5) is 8.30. The molecule has 1 fully saturated rings. The summed E-state index contributed by atoms with van der Waals surface area (Å²) in [6.45, 7) is 0. The highest BCUT2D eigenvalue weighted by Gasteiger charge is 2.38. The summed E-state index contributed by atoms with van der Waals surface area (Å²) in [5.41, 5.74) is 8.19. The lowest BCUT2D eigenvalue weighted by Crippen LogP contribution is -2.25. The number of hydrogen-bond acceptors (Lipinski definition) is 3. The van der Waals surface area contributed by atoms with Crippen molar-refractivity contribution >= 4 is 5.65 Å². The standard InChI is InChI=1S/C10H12N4/c11-10(1-2-10)5-8-6-13-9-7-12-3-4-14(8)9/h3-4,6-7H,1-2,5,11H2. The predicted octanol–water partition coefficient (Wildman–Crippen LogP) is 0.763. The van der Waals surface area contributed by atoms with Crippen LogP contribution in [-0.4, -0.2) is 19.9 Å². The number of nitrogens with zero attached hydrogens (tertiary/aromatic N) is 3. The van der Waals surface area contributed by atoms with Gasteiger partial charge in [-0.3, -0.25) is 4.98 Å². The van der Waals surface area contributed by atoms with Crippen molar-refractivity contribution in [2.75, 3.05) is 0 Å². The van der Waals surface area contributed by atoms with Crippen molar-refractivity contribution in [1.82, 2.24) is 14.4 Å². The van der Waals surface area contributed by atoms with Crippen molar-refractivity contribution in [3.05, 3.63) is 30.5 Å². The summed E-state index contributed by atoms with van der Waals surface area (Å²) in [5, 5.41) is 0. The van der Waals surface area contributed by atoms with E-state index in [1.54, 1.807) is 12.4 Å². The molecule has 4 heteroatoms. The normalized spacial score (nSPS) is 18.6. The van der Waals surface area contributed by atoms with Gasteiger partial charge in [-0.05, 0) is 12.8 Å². The molecule has 0 spiro atoms. The zero-order valence-corrected chi connectivity index (χ0v) is 7.85. The van der Waals surface area contributed by atoms with Gasteiger partial charge in [0, 0.05) is 36.2 Å². The van der Waals surface area contributed by atoms with Gasteiger partial charge in [-0.1, -0.05) is 0 Å². The number of imidazole rings is 1. The lowest BCUT2D eigenvalue weighted by atomic mass is 10.1. The van der Waals surface area contributed by atoms with Gasteiger partial charge in [0.15, 0.2) is 5.65 Å². The molecule has 2 aromatic rings. The molecule has 72 valence electrons. The van der Waals surface area contributed by atoms with Crippen LogP contribution in [0.4, 0.5) is 0 Å². The van der Waals surface area contributed by atoms with Crippen molar-refractivity contribution in [3.63, 3.8) is 0 Å². The molecule has 0 unspecified atom stereocenters. The van der Waals surface area contributed by atoms with Crippen LogP contribution in [0.15, 0.2) is 24.8 Å². The number of rotatable bonds is 2. The molecule has 0 aliphatic heterocycles. The van der Waals surface area contributed by atoms with Crippen LogP contribution in [0.25, 0.3) is 5.65 Å². The van der Waals surface area contributed by atoms with Gasteiger partial charge in [-0.2, -0.15) is 0 Å². The van der Waals surface area contributed by atoms with Gasteiger partial charge >= 0.3 is 0 Å². The number of nitrogens with two attached hydrogens (primary N) is 1. The second kappa shape index (κ2) is 2.54. The van der Waals surface area contributed by atoms with Crippen LogP contribution < -0.4 is 5.73 Å². The summed E-state index contributed by atoms with van der Waals surface area (Å²) in [7, 11) is 0. The van der Waals surface area contributed by atoms with E-state index in [4.69, 9.17) is 5.73 Å². The van der Waals surface area contributed by atoms with Gasteiger partial charge < -0.3 is 10.1 Å². The van der Waals surface area contributed by atoms with Crippen molar-refractivity contribution in [2.24, 2.45) is 5.73 Å². The Morgan fingerprint density at radius 3 is 3.07 bits per heavy atom. The average Bonchev–Trinajstić information content (AvgIpc) is 2.77. The minimum Gasteiger partial charge on any atom is -0.325 e. The van der Waals surface area contributed by atoms with E-state index in [9.17, 15) is 0 Å². The molecule has 4 nitrogen and oxygen atoms in total. The Morgan fingerprint density at radius 1 is 1.43 bits per heavy atom. The van der Waals surface area contributed by atoms with E-state index < -0.39 is 0 Å². The SMILES string of the molecule is NC1(Cc2cnc3cnccn23)CC1. The van der Waals surface area contributed by atoms with Gasteiger partial charge in [0.2, 0.25) is 0 Å². The first-order chi connectivity index (χ1) is 6.77. The predicted molar refractivity (Wildman–Crippen MR) is 52.8 cm³/mol. The molecule has 1 aliphatic rings. The smallest absolute Gasteiger partial charge is 0.155 e. The molecule has 3 rings (SSSR count). The Kier molecular flexibility index (Phi) is 1.44. The minimum atomic E-state index is 0.0409. The zero-order chi connectivity index (χ0) is 9.60. The Morgan fingerprint density at radius 2 is 2.29 bits per heavy atom. The van der Waals surface area contributed by atoms with Gasteiger partial charge in [0.1, 0.15) is 0 Å². The van der Waals surface area contributed by atoms with E-state index in [0.29, 0.717) is 0 Å². The fourth-order valence-electron chi connectivity index (χ4n) is 1.72. The summed E-state index contributed by atoms with van der Waals surface area (Å²) < 4.78 is 2.06. The third-order valence-electron chi connectivity index (χ3n) is 2.82. The molecule has 2 N–H and O–H groups in total. The van der Waals surface area contributed by atoms with Crippen molar-refractivity contribution in [1.29, 1.82) is 0 Å². The highest BCUT2D eigenvalue weighted by molar-refractivity contribution is 5.37. The monoisotopic (exact) mass is 188 g/mol. The largest absolute Gasteiger partial charge is 0.325 e. The summed E-state index contributed by atoms with van der Waals surface area (Å²) in [6.07, 6.45) is 10.5. The molecular formula is C10H12N4. The Hall–Kier alpha value is -1.42. The highest BCUT2D eigenvalue weighted by Crippen LogP contribution is 2.35. The summed E-state index contributed by atoms with van der Waals surface area (Å²) in [6, 6.07) is 0. The van der Waals surface area contributed by atoms with Crippen LogP contribution >= 0.6 is 0 Å². The third kappa shape index (κ3) is 1.19. The number of aromatic nitrogens is 3. The second-order valence-electron chi connectivity index (χ2n) is 4.09. The average molecular weight is 188 g/mol. The van der Waals surface area contributed by atoms with Crippen LogP contribution in [-0.2, 0) is 6.42 Å². The van der Waals surface area contributed by atoms with Crippen molar-refractivity contribution in [2.45, 2.75) is 24.8 Å². The van der Waals surface area contributed by atoms with Gasteiger partial charge in [0.05, 0.1) is 6.20 Å². The first-order valence-electron chi connectivity index (χ1n) is 4.82. The molecule has 0 aromatic carbocycles. The van der Waals surface area contributed by atoms with Crippen LogP contribution in [0, 0.1) is 0 Å². The van der Waals surface area contributed by atoms with Crippen molar-refractivity contribution in [3.8, 4) is 0 Å². The van der Waals surface area contributed by atoms with E-state index in [1.165, 1.54) is 5.69 Å². The van der Waals surface area contributed by atoms with Gasteiger partial charge in [-0.15, -0.1) is 0 Å². The fraction of sp³-hybridized carbons (Fsp3) is 0.400. The van der Waals surface area contributed by atoms with Gasteiger partial charge in [0.25, 0.3) is 0 Å². The zero-order valence-electron chi connectivity index (χ0n) is 7.85. The minimum absolute atomic E-state index is 0.0409. The van der Waals surface area contributed by atoms with Crippen molar-refractivity contribution < 1.29 is 0 Å². The Balaban J connectivity index is 2.04. The number of fused-ring (bicyclic) bond motifs is 1. The highest BCUT2D eigenvalue weighted by atomic mass is 15.0. The van der Waals surface area contributed by atoms with Crippen LogP contribution in [0.2, 0.25) is 0 Å². The fourth-order valence-corrected chi connectivity index (χ4v) is 1.72. The molecule has 0 radical (unpaired) electrons. The topological polar surface area (TPSA) is 56.2 Å². The van der Waals surface area contributed by atoms with Crippen LogP contribution in [0.5, 0.6) is 0 Å². The Labute approximate surface area is 81.8 Å². The third-order valence-corrected chi connectivity index (χ3v) is 2.82. The molecule has 0 amide bonds. The first kappa shape index (κ1) is 7.94. The molecule has 0 bridgehead atoms. The maximum absolute atomic E-state index is 6.07. The lowest BCUT2D eigenvalue weighted by molar-refractivity contribution is 0.655. The second-order valence-corrected chi connectivity index (χ2v) is 4.09. The van der Waals surface area contributed by atoms with E-state index in [2.05, 4.69) is 14.4 Å². The van der Waals surface area contributed by atoms with Crippen LogP contribution in [0.3, 0.4) is 0 Å². The molecule has 1 aliphatic carbocycles. The number of hydrogen-bond donors (Lipinski definition) is 1. The molecule has 14 heavy (non-hydrogen) atoms. The first-order valence-corrected chi connectivity index (χ1v) is 4.82. The Bertz CT molecular complexity index is 470. The molecule has 0 atom stereocenters. The summed E-state index contributed by atoms with van der Waals surface area (Å²) >= 11 is 0. The molecule has 2 aromatic heterocycles. The molecule has 1 saturated carbocycles. The molecule has 0 saturated heterocycles. The van der Waals surface area contributed by atoms with E-state index in [0.717, 1.165) is 24.9 Å². The summed E-state index contributed by atoms with van der Waals surface area (Å²) in [5.74, 6) is 0. The van der Waals surface area contributed by atoms with Crippen LogP contribution in [0.1, 0.15) is 18.5 Å². The van der Waals surface area contributed by atoms with E-state index in [1.807, 2.05) is 12.4 Å². The maximum Gasteiger partial charge on any atom is 0.155 e. The van der Waals surface area contributed by atoms with E-state index >= 15 is 0 Å². The molecule has 2 heterocycles. The quantitative estimate of drug-likeness (QED) is 0.757. The van der Waals surface area contributed by atoms with E-state index in [-0.39, 0.29) is 5.54 Å². The van der Waals surface area contributed by atoms with Gasteiger partial charge in [-0.25, -0.2) is 4.98 Å².